The minimum atomic E-state index is -2.93. The molecule has 1 nitrogen and oxygen atoms in total. The first-order chi connectivity index (χ1) is 9.82. The third-order valence-electron chi connectivity index (χ3n) is 3.48. The Hall–Kier alpha value is -1.95. The van der Waals surface area contributed by atoms with Gasteiger partial charge in [0, 0.05) is 0 Å². The second-order valence-electron chi connectivity index (χ2n) is 4.72. The molecule has 0 aliphatic carbocycles. The van der Waals surface area contributed by atoms with Crippen molar-refractivity contribution in [3.05, 3.63) is 91.0 Å². The Labute approximate surface area is 120 Å². The second kappa shape index (κ2) is 5.58. The summed E-state index contributed by atoms with van der Waals surface area (Å²) in [5, 5.41) is 2.85. The summed E-state index contributed by atoms with van der Waals surface area (Å²) < 4.78 is 0. The van der Waals surface area contributed by atoms with Crippen LogP contribution in [0.15, 0.2) is 84.9 Å². The first kappa shape index (κ1) is 13.1. The molecule has 20 heavy (non-hydrogen) atoms. The van der Waals surface area contributed by atoms with Crippen molar-refractivity contribution in [2.75, 3.05) is 0 Å². The van der Waals surface area contributed by atoms with E-state index in [2.05, 4.69) is 6.07 Å². The van der Waals surface area contributed by atoms with Crippen LogP contribution in [0.1, 0.15) is 0 Å². The van der Waals surface area contributed by atoms with Crippen LogP contribution >= 0.6 is 7.49 Å². The van der Waals surface area contributed by atoms with Gasteiger partial charge in [0.1, 0.15) is 0 Å². The molecule has 0 atom stereocenters. The Bertz CT molecular complexity index is 569. The number of benzene rings is 3. The molecule has 0 bridgehead atoms. The van der Waals surface area contributed by atoms with E-state index in [1.165, 1.54) is 0 Å². The molecule has 0 aromatic heterocycles. The summed E-state index contributed by atoms with van der Waals surface area (Å²) >= 11 is 0. The molecule has 1 radical (unpaired) electrons. The SMILES string of the molecule is O[PH](c1[c]cccc1)(c1ccccc1)c1ccccc1. The average molecular weight is 279 g/mol. The predicted molar refractivity (Wildman–Crippen MR) is 87.6 cm³/mol. The summed E-state index contributed by atoms with van der Waals surface area (Å²) in [6.45, 7) is 0. The standard InChI is InChI=1S/C18H16OP/c19-20(16-10-4-1-5-11-16,17-12-6-2-7-13-17)18-14-8-3-9-15-18/h1-14,19-20H. The molecule has 0 spiro atoms. The molecule has 1 N–H and O–H groups in total. The van der Waals surface area contributed by atoms with Gasteiger partial charge in [-0.3, -0.25) is 0 Å². The Morgan fingerprint density at radius 1 is 0.650 bits per heavy atom. The quantitative estimate of drug-likeness (QED) is 0.730. The minimum absolute atomic E-state index is 0.886. The fourth-order valence-corrected chi connectivity index (χ4v) is 5.39. The zero-order valence-corrected chi connectivity index (χ0v) is 12.0. The molecule has 0 aliphatic rings. The zero-order valence-electron chi connectivity index (χ0n) is 11.0. The first-order valence-electron chi connectivity index (χ1n) is 6.62. The van der Waals surface area contributed by atoms with Gasteiger partial charge >= 0.3 is 119 Å². The van der Waals surface area contributed by atoms with Gasteiger partial charge in [0.25, 0.3) is 0 Å². The molecule has 0 saturated heterocycles. The summed E-state index contributed by atoms with van der Waals surface area (Å²) in [5.41, 5.74) is 0. The molecule has 0 aliphatic heterocycles. The van der Waals surface area contributed by atoms with Gasteiger partial charge in [0.15, 0.2) is 0 Å². The fraction of sp³-hybridized carbons (Fsp3) is 0. The van der Waals surface area contributed by atoms with Gasteiger partial charge in [-0.25, -0.2) is 0 Å². The molecule has 2 heteroatoms. The van der Waals surface area contributed by atoms with Gasteiger partial charge in [-0.1, -0.05) is 0 Å². The first-order valence-corrected chi connectivity index (χ1v) is 8.57. The van der Waals surface area contributed by atoms with Crippen molar-refractivity contribution in [3.8, 4) is 0 Å². The Morgan fingerprint density at radius 2 is 1.15 bits per heavy atom. The van der Waals surface area contributed by atoms with E-state index in [0.717, 1.165) is 15.9 Å². The molecular weight excluding hydrogens is 263 g/mol. The third kappa shape index (κ3) is 2.27. The van der Waals surface area contributed by atoms with Crippen LogP contribution in [0.4, 0.5) is 0 Å². The van der Waals surface area contributed by atoms with Crippen LogP contribution in [0.3, 0.4) is 0 Å². The van der Waals surface area contributed by atoms with E-state index in [1.807, 2.05) is 84.9 Å². The van der Waals surface area contributed by atoms with Crippen molar-refractivity contribution < 1.29 is 4.89 Å². The monoisotopic (exact) mass is 279 g/mol. The van der Waals surface area contributed by atoms with Gasteiger partial charge < -0.3 is 0 Å². The molecular formula is C18H16OP. The molecule has 0 unspecified atom stereocenters. The van der Waals surface area contributed by atoms with E-state index in [0.29, 0.717) is 0 Å². The fourth-order valence-electron chi connectivity index (χ4n) is 2.45. The molecule has 3 aromatic carbocycles. The van der Waals surface area contributed by atoms with Gasteiger partial charge in [-0.15, -0.1) is 0 Å². The third-order valence-corrected chi connectivity index (χ3v) is 6.91. The second-order valence-corrected chi connectivity index (χ2v) is 7.83. The molecule has 0 saturated carbocycles. The summed E-state index contributed by atoms with van der Waals surface area (Å²) in [5.74, 6) is 0. The van der Waals surface area contributed by atoms with Gasteiger partial charge in [0.05, 0.1) is 0 Å². The molecule has 0 fully saturated rings. The van der Waals surface area contributed by atoms with E-state index >= 15 is 0 Å². The molecule has 3 aromatic rings. The van der Waals surface area contributed by atoms with E-state index in [1.54, 1.807) is 0 Å². The van der Waals surface area contributed by atoms with Crippen molar-refractivity contribution in [3.63, 3.8) is 0 Å². The number of rotatable bonds is 3. The normalized spacial score (nSPS) is 12.1. The molecule has 0 heterocycles. The van der Waals surface area contributed by atoms with E-state index in [9.17, 15) is 4.89 Å². The van der Waals surface area contributed by atoms with E-state index in [-0.39, 0.29) is 0 Å². The van der Waals surface area contributed by atoms with Crippen molar-refractivity contribution in [1.82, 2.24) is 0 Å². The summed E-state index contributed by atoms with van der Waals surface area (Å²) in [6.07, 6.45) is 0. The Morgan fingerprint density at radius 3 is 1.60 bits per heavy atom. The van der Waals surface area contributed by atoms with Gasteiger partial charge in [0.2, 0.25) is 0 Å². The predicted octanol–water partition coefficient (Wildman–Crippen LogP) is 2.42. The molecule has 99 valence electrons. The summed E-state index contributed by atoms with van der Waals surface area (Å²) in [7, 11) is -2.93. The zero-order chi connectivity index (χ0) is 13.8. The summed E-state index contributed by atoms with van der Waals surface area (Å²) in [4.78, 5) is 11.5. The van der Waals surface area contributed by atoms with Crippen LogP contribution < -0.4 is 15.9 Å². The van der Waals surface area contributed by atoms with Crippen LogP contribution in [0.25, 0.3) is 0 Å². The maximum atomic E-state index is 11.5. The average Bonchev–Trinajstić information content (AvgIpc) is 2.56. The van der Waals surface area contributed by atoms with Crippen LogP contribution in [-0.4, -0.2) is 4.89 Å². The van der Waals surface area contributed by atoms with Crippen LogP contribution in [-0.2, 0) is 0 Å². The van der Waals surface area contributed by atoms with Gasteiger partial charge in [-0.2, -0.15) is 0 Å². The Kier molecular flexibility index (Phi) is 3.64. The Balaban J connectivity index is 2.24. The van der Waals surface area contributed by atoms with Crippen LogP contribution in [0.5, 0.6) is 0 Å². The summed E-state index contributed by atoms with van der Waals surface area (Å²) in [6, 6.07) is 30.7. The maximum absolute atomic E-state index is 11.5. The number of hydrogen-bond donors (Lipinski definition) is 1. The molecule has 0 amide bonds. The van der Waals surface area contributed by atoms with Crippen molar-refractivity contribution >= 4 is 23.4 Å². The number of hydrogen-bond acceptors (Lipinski definition) is 1. The van der Waals surface area contributed by atoms with Crippen molar-refractivity contribution in [2.24, 2.45) is 0 Å². The van der Waals surface area contributed by atoms with Crippen molar-refractivity contribution in [2.45, 2.75) is 0 Å². The van der Waals surface area contributed by atoms with Gasteiger partial charge in [-0.05, 0) is 0 Å². The van der Waals surface area contributed by atoms with E-state index in [4.69, 9.17) is 0 Å². The molecule has 3 rings (SSSR count). The van der Waals surface area contributed by atoms with Crippen LogP contribution in [0.2, 0.25) is 0 Å². The van der Waals surface area contributed by atoms with Crippen molar-refractivity contribution in [1.29, 1.82) is 0 Å². The van der Waals surface area contributed by atoms with Crippen LogP contribution in [0, 0.1) is 6.07 Å². The topological polar surface area (TPSA) is 20.2 Å². The van der Waals surface area contributed by atoms with E-state index < -0.39 is 7.49 Å².